The van der Waals surface area contributed by atoms with Gasteiger partial charge < -0.3 is 4.74 Å². The van der Waals surface area contributed by atoms with E-state index in [1.165, 1.54) is 5.56 Å². The van der Waals surface area contributed by atoms with Crippen LogP contribution >= 0.6 is 39.3 Å². The molecule has 1 aromatic carbocycles. The predicted molar refractivity (Wildman–Crippen MR) is 72.2 cm³/mol. The van der Waals surface area contributed by atoms with Crippen molar-refractivity contribution in [3.63, 3.8) is 0 Å². The van der Waals surface area contributed by atoms with Crippen LogP contribution in [0.1, 0.15) is 12.0 Å². The van der Waals surface area contributed by atoms with E-state index in [2.05, 4.69) is 22.0 Å². The van der Waals surface area contributed by atoms with Crippen molar-refractivity contribution in [3.05, 3.63) is 28.2 Å². The van der Waals surface area contributed by atoms with Crippen LogP contribution in [0.2, 0.25) is 0 Å². The summed E-state index contributed by atoms with van der Waals surface area (Å²) in [4.78, 5) is 0. The summed E-state index contributed by atoms with van der Waals surface area (Å²) in [5, 5.41) is 0. The summed E-state index contributed by atoms with van der Waals surface area (Å²) >= 11 is 11.0. The smallest absolute Gasteiger partial charge is 0.119 e. The molecule has 0 atom stereocenters. The maximum absolute atomic E-state index is 5.62. The van der Waals surface area contributed by atoms with E-state index in [0.717, 1.165) is 34.0 Å². The summed E-state index contributed by atoms with van der Waals surface area (Å²) in [5.41, 5.74) is 1.27. The molecular formula is C11H14BrClOS. The number of thioether (sulfide) groups is 1. The molecule has 1 aromatic rings. The first-order valence-corrected chi connectivity index (χ1v) is 7.22. The van der Waals surface area contributed by atoms with Gasteiger partial charge in [0.15, 0.2) is 0 Å². The topological polar surface area (TPSA) is 9.23 Å². The van der Waals surface area contributed by atoms with Crippen molar-refractivity contribution < 1.29 is 4.74 Å². The summed E-state index contributed by atoms with van der Waals surface area (Å²) < 4.78 is 6.33. The highest BCUT2D eigenvalue weighted by molar-refractivity contribution is 9.10. The van der Waals surface area contributed by atoms with Crippen molar-refractivity contribution in [2.24, 2.45) is 0 Å². The van der Waals surface area contributed by atoms with Gasteiger partial charge in [0.05, 0.1) is 7.11 Å². The highest BCUT2D eigenvalue weighted by atomic mass is 79.9. The highest BCUT2D eigenvalue weighted by Gasteiger charge is 2.02. The fourth-order valence-electron chi connectivity index (χ4n) is 1.13. The van der Waals surface area contributed by atoms with E-state index in [-0.39, 0.29) is 0 Å². The largest absolute Gasteiger partial charge is 0.497 e. The van der Waals surface area contributed by atoms with Crippen LogP contribution < -0.4 is 4.74 Å². The lowest BCUT2D eigenvalue weighted by atomic mass is 10.2. The van der Waals surface area contributed by atoms with E-state index in [0.29, 0.717) is 0 Å². The Bertz CT molecular complexity index is 307. The molecule has 0 unspecified atom stereocenters. The highest BCUT2D eigenvalue weighted by Crippen LogP contribution is 2.26. The van der Waals surface area contributed by atoms with Crippen LogP contribution in [0.5, 0.6) is 5.75 Å². The number of methoxy groups -OCH3 is 1. The lowest BCUT2D eigenvalue weighted by Crippen LogP contribution is -1.89. The Morgan fingerprint density at radius 2 is 2.27 bits per heavy atom. The maximum Gasteiger partial charge on any atom is 0.119 e. The van der Waals surface area contributed by atoms with Gasteiger partial charge in [-0.25, -0.2) is 0 Å². The van der Waals surface area contributed by atoms with Crippen LogP contribution in [0.4, 0.5) is 0 Å². The molecule has 4 heteroatoms. The van der Waals surface area contributed by atoms with Crippen molar-refractivity contribution in [3.8, 4) is 5.75 Å². The molecule has 0 saturated heterocycles. The zero-order chi connectivity index (χ0) is 11.1. The third kappa shape index (κ3) is 4.66. The number of ether oxygens (including phenoxy) is 1. The molecule has 0 heterocycles. The van der Waals surface area contributed by atoms with E-state index >= 15 is 0 Å². The van der Waals surface area contributed by atoms with Crippen molar-refractivity contribution >= 4 is 39.3 Å². The summed E-state index contributed by atoms with van der Waals surface area (Å²) in [5.74, 6) is 3.75. The summed E-state index contributed by atoms with van der Waals surface area (Å²) in [6.45, 7) is 0. The zero-order valence-electron chi connectivity index (χ0n) is 8.63. The van der Waals surface area contributed by atoms with Gasteiger partial charge in [0, 0.05) is 16.1 Å². The lowest BCUT2D eigenvalue weighted by Gasteiger charge is -2.06. The average Bonchev–Trinajstić information content (AvgIpc) is 2.26. The van der Waals surface area contributed by atoms with Crippen molar-refractivity contribution in [2.45, 2.75) is 12.2 Å². The first-order chi connectivity index (χ1) is 7.27. The molecule has 0 aliphatic carbocycles. The molecule has 0 fully saturated rings. The van der Waals surface area contributed by atoms with E-state index in [9.17, 15) is 0 Å². The fraction of sp³-hybridized carbons (Fsp3) is 0.455. The van der Waals surface area contributed by atoms with Gasteiger partial charge in [-0.15, -0.1) is 11.6 Å². The van der Waals surface area contributed by atoms with Gasteiger partial charge in [-0.3, -0.25) is 0 Å². The van der Waals surface area contributed by atoms with Crippen molar-refractivity contribution in [1.82, 2.24) is 0 Å². The number of hydrogen-bond acceptors (Lipinski definition) is 2. The Hall–Kier alpha value is 0.140. The molecule has 0 N–H and O–H groups in total. The Labute approximate surface area is 109 Å². The number of halogens is 2. The standard InChI is InChI=1S/C11H14BrClOS/c1-14-10-3-4-11(12)9(7-10)8-15-6-2-5-13/h3-4,7H,2,5-6,8H2,1H3. The maximum atomic E-state index is 5.62. The SMILES string of the molecule is COc1ccc(Br)c(CSCCCCl)c1. The third-order valence-electron chi connectivity index (χ3n) is 1.93. The van der Waals surface area contributed by atoms with Crippen LogP contribution in [0.15, 0.2) is 22.7 Å². The Morgan fingerprint density at radius 1 is 1.47 bits per heavy atom. The monoisotopic (exact) mass is 308 g/mol. The second-order valence-corrected chi connectivity index (χ2v) is 5.39. The number of benzene rings is 1. The fourth-order valence-corrected chi connectivity index (χ4v) is 2.94. The van der Waals surface area contributed by atoms with Crippen LogP contribution in [-0.2, 0) is 5.75 Å². The Morgan fingerprint density at radius 3 is 2.93 bits per heavy atom. The minimum atomic E-state index is 0.742. The van der Waals surface area contributed by atoms with E-state index in [1.807, 2.05) is 23.9 Å². The van der Waals surface area contributed by atoms with Gasteiger partial charge in [0.25, 0.3) is 0 Å². The van der Waals surface area contributed by atoms with Gasteiger partial charge in [-0.05, 0) is 35.9 Å². The molecule has 0 saturated carbocycles. The van der Waals surface area contributed by atoms with Gasteiger partial charge in [0.1, 0.15) is 5.75 Å². The third-order valence-corrected chi connectivity index (χ3v) is 4.07. The predicted octanol–water partition coefficient (Wildman–Crippen LogP) is 4.32. The number of hydrogen-bond donors (Lipinski definition) is 0. The second kappa shape index (κ2) is 7.42. The molecule has 0 bridgehead atoms. The first kappa shape index (κ1) is 13.2. The van der Waals surface area contributed by atoms with E-state index in [1.54, 1.807) is 7.11 Å². The summed E-state index contributed by atoms with van der Waals surface area (Å²) in [6, 6.07) is 6.05. The van der Waals surface area contributed by atoms with Gasteiger partial charge in [0.2, 0.25) is 0 Å². The lowest BCUT2D eigenvalue weighted by molar-refractivity contribution is 0.414. The minimum absolute atomic E-state index is 0.742. The Balaban J connectivity index is 2.51. The number of rotatable bonds is 6. The Kier molecular flexibility index (Phi) is 6.53. The van der Waals surface area contributed by atoms with Crippen molar-refractivity contribution in [2.75, 3.05) is 18.7 Å². The molecular weight excluding hydrogens is 296 g/mol. The molecule has 84 valence electrons. The molecule has 1 rings (SSSR count). The normalized spacial score (nSPS) is 10.3. The van der Waals surface area contributed by atoms with Crippen LogP contribution in [0.25, 0.3) is 0 Å². The molecule has 15 heavy (non-hydrogen) atoms. The molecule has 0 amide bonds. The first-order valence-electron chi connectivity index (χ1n) is 4.74. The zero-order valence-corrected chi connectivity index (χ0v) is 11.8. The van der Waals surface area contributed by atoms with Gasteiger partial charge in [-0.1, -0.05) is 15.9 Å². The summed E-state index contributed by atoms with van der Waals surface area (Å²) in [7, 11) is 1.69. The van der Waals surface area contributed by atoms with Gasteiger partial charge >= 0.3 is 0 Å². The quantitative estimate of drug-likeness (QED) is 0.572. The average molecular weight is 310 g/mol. The molecule has 0 aliphatic heterocycles. The van der Waals surface area contributed by atoms with Crippen LogP contribution in [0.3, 0.4) is 0 Å². The number of alkyl halides is 1. The minimum Gasteiger partial charge on any atom is -0.497 e. The second-order valence-electron chi connectivity index (χ2n) is 3.05. The molecule has 0 aliphatic rings. The molecule has 0 spiro atoms. The molecule has 0 radical (unpaired) electrons. The molecule has 0 aromatic heterocycles. The van der Waals surface area contributed by atoms with Gasteiger partial charge in [-0.2, -0.15) is 11.8 Å². The van der Waals surface area contributed by atoms with Crippen molar-refractivity contribution in [1.29, 1.82) is 0 Å². The van der Waals surface area contributed by atoms with E-state index < -0.39 is 0 Å². The summed E-state index contributed by atoms with van der Waals surface area (Å²) in [6.07, 6.45) is 1.06. The van der Waals surface area contributed by atoms with E-state index in [4.69, 9.17) is 16.3 Å². The molecule has 1 nitrogen and oxygen atoms in total. The van der Waals surface area contributed by atoms with Crippen LogP contribution in [-0.4, -0.2) is 18.7 Å². The van der Waals surface area contributed by atoms with Crippen LogP contribution in [0, 0.1) is 0 Å².